The number of rotatable bonds is 12. The normalized spacial score (nSPS) is 31.4. The molecule has 1 aromatic carbocycles. The molecule has 2 aliphatic carbocycles. The van der Waals surface area contributed by atoms with Gasteiger partial charge in [0.15, 0.2) is 5.69 Å². The largest absolute Gasteiger partial charge is 0.508 e. The summed E-state index contributed by atoms with van der Waals surface area (Å²) in [5, 5.41) is 65.1. The molecule has 244 valence electrons. The number of aromatic hydroxyl groups is 1. The Bertz CT molecular complexity index is 1420. The number of fused-ring (bicyclic) bond motifs is 2. The number of hydrogen-bond acceptors (Lipinski definition) is 11. The van der Waals surface area contributed by atoms with E-state index < -0.39 is 30.0 Å². The van der Waals surface area contributed by atoms with Crippen LogP contribution in [0.2, 0.25) is 0 Å². The first-order valence-corrected chi connectivity index (χ1v) is 16.0. The summed E-state index contributed by atoms with van der Waals surface area (Å²) in [6, 6.07) is 3.78. The van der Waals surface area contributed by atoms with Crippen molar-refractivity contribution in [3.05, 3.63) is 47.3 Å². The van der Waals surface area contributed by atoms with Crippen molar-refractivity contribution in [3.8, 4) is 11.5 Å². The van der Waals surface area contributed by atoms with Crippen LogP contribution in [0.25, 0.3) is 0 Å². The summed E-state index contributed by atoms with van der Waals surface area (Å²) in [5.74, 6) is -3.83. The monoisotopic (exact) mass is 626 g/mol. The van der Waals surface area contributed by atoms with Crippen LogP contribution < -0.4 is 4.74 Å². The fourth-order valence-electron chi connectivity index (χ4n) is 7.75. The first-order chi connectivity index (χ1) is 21.9. The number of carboxylic acid groups (broad SMARTS) is 1. The van der Waals surface area contributed by atoms with E-state index in [1.807, 2.05) is 0 Å². The van der Waals surface area contributed by atoms with Crippen molar-refractivity contribution in [2.75, 3.05) is 19.8 Å². The van der Waals surface area contributed by atoms with Crippen molar-refractivity contribution in [2.24, 2.45) is 22.9 Å². The Balaban J connectivity index is 1.53. The molecule has 13 heteroatoms. The van der Waals surface area contributed by atoms with Gasteiger partial charge in [-0.2, -0.15) is 0 Å². The van der Waals surface area contributed by atoms with Crippen molar-refractivity contribution in [1.29, 1.82) is 0 Å². The minimum absolute atomic E-state index is 0.0256. The van der Waals surface area contributed by atoms with Crippen LogP contribution in [-0.4, -0.2) is 84.1 Å². The molecule has 7 atom stereocenters. The number of ether oxygens (including phenoxy) is 2. The summed E-state index contributed by atoms with van der Waals surface area (Å²) in [7, 11) is 0. The van der Waals surface area contributed by atoms with Crippen LogP contribution in [0.4, 0.5) is 0 Å². The van der Waals surface area contributed by atoms with Crippen LogP contribution in [0, 0.1) is 17.8 Å². The molecular weight excluding hydrogens is 584 g/mol. The number of aliphatic hydroxyl groups excluding tert-OH is 2. The number of allylic oxidation sites excluding steroid dienone is 1. The second-order valence-electron chi connectivity index (χ2n) is 12.5. The van der Waals surface area contributed by atoms with Crippen LogP contribution in [0.15, 0.2) is 41.2 Å². The van der Waals surface area contributed by atoms with Gasteiger partial charge in [-0.15, -0.1) is 5.10 Å². The lowest BCUT2D eigenvalue weighted by Crippen LogP contribution is -2.62. The molecule has 13 nitrogen and oxygen atoms in total. The highest BCUT2D eigenvalue weighted by Gasteiger charge is 2.63. The second kappa shape index (κ2) is 13.5. The predicted molar refractivity (Wildman–Crippen MR) is 160 cm³/mol. The van der Waals surface area contributed by atoms with Gasteiger partial charge in [0.25, 0.3) is 0 Å². The van der Waals surface area contributed by atoms with Crippen molar-refractivity contribution in [1.82, 2.24) is 15.0 Å². The van der Waals surface area contributed by atoms with E-state index in [0.717, 1.165) is 55.9 Å². The van der Waals surface area contributed by atoms with E-state index in [9.17, 15) is 30.3 Å². The number of aliphatic hydroxyl groups is 3. The fourth-order valence-corrected chi connectivity index (χ4v) is 7.75. The van der Waals surface area contributed by atoms with E-state index in [1.54, 1.807) is 12.1 Å². The average molecular weight is 627 g/mol. The Hall–Kier alpha value is -3.52. The van der Waals surface area contributed by atoms with Gasteiger partial charge in [-0.1, -0.05) is 29.3 Å². The number of nitrogens with zero attached hydrogens (tertiary/aromatic N) is 4. The minimum Gasteiger partial charge on any atom is -0.508 e. The highest BCUT2D eigenvalue weighted by molar-refractivity contribution is 6.02. The Morgan fingerprint density at radius 3 is 2.67 bits per heavy atom. The first-order valence-electron chi connectivity index (χ1n) is 16.0. The molecule has 1 saturated heterocycles. The van der Waals surface area contributed by atoms with Gasteiger partial charge >= 0.3 is 5.97 Å². The fraction of sp³-hybridized carbons (Fsp3) is 0.625. The molecule has 4 aliphatic rings. The molecule has 0 radical (unpaired) electrons. The number of carbonyl (C=O) groups is 1. The molecule has 3 heterocycles. The summed E-state index contributed by atoms with van der Waals surface area (Å²) < 4.78 is 13.4. The lowest BCUT2D eigenvalue weighted by atomic mass is 9.55. The predicted octanol–water partition coefficient (Wildman–Crippen LogP) is 3.50. The Morgan fingerprint density at radius 2 is 1.93 bits per heavy atom. The summed E-state index contributed by atoms with van der Waals surface area (Å²) >= 11 is 0. The first kappa shape index (κ1) is 31.5. The van der Waals surface area contributed by atoms with Gasteiger partial charge in [-0.25, -0.2) is 9.48 Å². The third-order valence-corrected chi connectivity index (χ3v) is 9.77. The zero-order chi connectivity index (χ0) is 31.6. The molecule has 45 heavy (non-hydrogen) atoms. The molecule has 2 fully saturated rings. The molecule has 1 aromatic heterocycles. The number of phenols is 1. The maximum absolute atomic E-state index is 12.8. The van der Waals surface area contributed by atoms with E-state index in [1.165, 1.54) is 10.7 Å². The standard InChI is InChI=1S/C32H42N4O9/c37-12-4-1-7-19-15-22-24(34-45-28-9-3-6-14-43-28)17-27(36-25(31(40)41)18-33-35-36)32(42)30(22)29(21(19)8-2-5-13-38)23-16-20(39)10-11-26(23)44-32/h10-11,15-16,18-19,21,27-30,37-39,42H,1-9,12-14,17H2,(H,40,41)/t19-,21+,27-,28?,29+,30+,32+/m0/s1. The van der Waals surface area contributed by atoms with Crippen LogP contribution in [0.3, 0.4) is 0 Å². The molecule has 0 bridgehead atoms. The number of aromatic nitrogens is 3. The summed E-state index contributed by atoms with van der Waals surface area (Å²) in [6.45, 7) is 0.719. The second-order valence-corrected chi connectivity index (χ2v) is 12.5. The molecule has 0 spiro atoms. The van der Waals surface area contributed by atoms with E-state index in [2.05, 4.69) is 21.5 Å². The lowest BCUT2D eigenvalue weighted by Gasteiger charge is -2.56. The minimum atomic E-state index is -1.95. The van der Waals surface area contributed by atoms with E-state index in [-0.39, 0.29) is 48.8 Å². The SMILES string of the molecule is O=C(O)c1cnnn1[C@H]1CC(=NOC2CCCCO2)C2=C[C@H](CCCCO)[C@@H](CCCCO)[C@@H]3c4cc(O)ccc4O[C@@]1(O)[C@H]23. The topological polar surface area (TPSA) is 189 Å². The third kappa shape index (κ3) is 6.06. The van der Waals surface area contributed by atoms with Crippen molar-refractivity contribution in [3.63, 3.8) is 0 Å². The number of carboxylic acids is 1. The maximum atomic E-state index is 12.8. The smallest absolute Gasteiger partial charge is 0.355 e. The average Bonchev–Trinajstić information content (AvgIpc) is 3.52. The van der Waals surface area contributed by atoms with Crippen molar-refractivity contribution in [2.45, 2.75) is 88.2 Å². The van der Waals surface area contributed by atoms with Crippen molar-refractivity contribution >= 4 is 11.7 Å². The summed E-state index contributed by atoms with van der Waals surface area (Å²) in [6.07, 6.45) is 9.71. The molecule has 2 aliphatic heterocycles. The third-order valence-electron chi connectivity index (χ3n) is 9.77. The van der Waals surface area contributed by atoms with Gasteiger partial charge in [0.1, 0.15) is 17.5 Å². The molecule has 1 saturated carbocycles. The summed E-state index contributed by atoms with van der Waals surface area (Å²) in [4.78, 5) is 18.2. The summed E-state index contributed by atoms with van der Waals surface area (Å²) in [5.41, 5.74) is 1.82. The zero-order valence-electron chi connectivity index (χ0n) is 25.2. The van der Waals surface area contributed by atoms with Gasteiger partial charge < -0.3 is 39.8 Å². The molecule has 1 unspecified atom stereocenters. The van der Waals surface area contributed by atoms with E-state index in [4.69, 9.17) is 14.3 Å². The molecule has 2 aromatic rings. The molecule has 6 rings (SSSR count). The number of unbranched alkanes of at least 4 members (excludes halogenated alkanes) is 2. The van der Waals surface area contributed by atoms with Crippen molar-refractivity contribution < 1.29 is 44.6 Å². The van der Waals surface area contributed by atoms with Gasteiger partial charge in [-0.3, -0.25) is 0 Å². The highest BCUT2D eigenvalue weighted by atomic mass is 16.8. The number of aromatic carboxylic acids is 1. The maximum Gasteiger partial charge on any atom is 0.355 e. The van der Waals surface area contributed by atoms with Gasteiger partial charge in [-0.05, 0) is 74.1 Å². The lowest BCUT2D eigenvalue weighted by molar-refractivity contribution is -0.225. The van der Waals surface area contributed by atoms with Crippen LogP contribution in [0.1, 0.15) is 92.2 Å². The van der Waals surface area contributed by atoms with Crippen LogP contribution in [0.5, 0.6) is 11.5 Å². The Labute approximate surface area is 261 Å². The number of phenolic OH excluding ortho intramolecular Hbond substituents is 1. The zero-order valence-corrected chi connectivity index (χ0v) is 25.2. The quantitative estimate of drug-likeness (QED) is 0.171. The van der Waals surface area contributed by atoms with E-state index >= 15 is 0 Å². The van der Waals surface area contributed by atoms with Crippen LogP contribution >= 0.6 is 0 Å². The Kier molecular flexibility index (Phi) is 9.41. The number of oxime groups is 1. The number of benzene rings is 1. The highest BCUT2D eigenvalue weighted by Crippen LogP contribution is 2.62. The Morgan fingerprint density at radius 1 is 1.13 bits per heavy atom. The van der Waals surface area contributed by atoms with Gasteiger partial charge in [0, 0.05) is 37.5 Å². The number of hydrogen-bond donors (Lipinski definition) is 5. The van der Waals surface area contributed by atoms with E-state index in [0.29, 0.717) is 37.3 Å². The van der Waals surface area contributed by atoms with Gasteiger partial charge in [0.2, 0.25) is 12.1 Å². The molecular formula is C32H42N4O9. The molecule has 5 N–H and O–H groups in total. The molecule has 0 amide bonds. The van der Waals surface area contributed by atoms with Crippen LogP contribution in [-0.2, 0) is 9.57 Å². The van der Waals surface area contributed by atoms with Gasteiger partial charge in [0.05, 0.1) is 24.4 Å².